The van der Waals surface area contributed by atoms with Crippen LogP contribution >= 0.6 is 23.7 Å². The van der Waals surface area contributed by atoms with Crippen LogP contribution in [-0.2, 0) is 6.42 Å². The lowest BCUT2D eigenvalue weighted by Gasteiger charge is -2.45. The van der Waals surface area contributed by atoms with E-state index < -0.39 is 12.2 Å². The van der Waals surface area contributed by atoms with Crippen LogP contribution in [0.2, 0.25) is 0 Å². The number of rotatable bonds is 0. The largest absolute Gasteiger partial charge is 0.405 e. The fraction of sp³-hybridized carbons (Fsp3) is 0.636. The minimum Gasteiger partial charge on any atom is -0.313 e. The summed E-state index contributed by atoms with van der Waals surface area (Å²) >= 11 is 1.57. The topological polar surface area (TPSA) is 15.3 Å². The number of fused-ring (bicyclic) bond motifs is 3. The fourth-order valence-electron chi connectivity index (χ4n) is 2.76. The van der Waals surface area contributed by atoms with Crippen LogP contribution in [0.3, 0.4) is 0 Å². The number of hydrogen-bond donors (Lipinski definition) is 1. The van der Waals surface area contributed by atoms with Crippen LogP contribution < -0.4 is 5.32 Å². The molecule has 2 aliphatic heterocycles. The summed E-state index contributed by atoms with van der Waals surface area (Å²) in [5.74, 6) is 0. The summed E-state index contributed by atoms with van der Waals surface area (Å²) in [5, 5.41) is 4.89. The molecule has 0 spiro atoms. The number of thiophene rings is 1. The fourth-order valence-corrected chi connectivity index (χ4v) is 3.84. The molecular formula is C11H14ClF3N2S. The van der Waals surface area contributed by atoms with Crippen LogP contribution in [0.25, 0.3) is 0 Å². The van der Waals surface area contributed by atoms with Gasteiger partial charge in [0, 0.05) is 24.5 Å². The number of alkyl halides is 3. The van der Waals surface area contributed by atoms with Gasteiger partial charge in [-0.3, -0.25) is 4.90 Å². The van der Waals surface area contributed by atoms with Crippen molar-refractivity contribution in [3.05, 3.63) is 21.9 Å². The Hall–Kier alpha value is -0.300. The second-order valence-corrected chi connectivity index (χ2v) is 5.48. The van der Waals surface area contributed by atoms with Crippen molar-refractivity contribution in [1.82, 2.24) is 10.2 Å². The molecule has 0 aromatic carbocycles. The van der Waals surface area contributed by atoms with Gasteiger partial charge in [-0.2, -0.15) is 13.2 Å². The maximum atomic E-state index is 12.9. The molecule has 1 aromatic heterocycles. The van der Waals surface area contributed by atoms with Gasteiger partial charge in [0.05, 0.1) is 6.04 Å². The third kappa shape index (κ3) is 2.27. The first kappa shape index (κ1) is 14.1. The van der Waals surface area contributed by atoms with Gasteiger partial charge in [-0.25, -0.2) is 0 Å². The Bertz CT molecular complexity index is 421. The van der Waals surface area contributed by atoms with Crippen molar-refractivity contribution in [3.63, 3.8) is 0 Å². The second kappa shape index (κ2) is 5.00. The quantitative estimate of drug-likeness (QED) is 0.792. The maximum Gasteiger partial charge on any atom is 0.405 e. The first-order chi connectivity index (χ1) is 8.07. The summed E-state index contributed by atoms with van der Waals surface area (Å²) in [6.45, 7) is 1.15. The highest BCUT2D eigenvalue weighted by atomic mass is 35.5. The van der Waals surface area contributed by atoms with Crippen LogP contribution in [0.4, 0.5) is 13.2 Å². The molecule has 2 unspecified atom stereocenters. The Morgan fingerprint density at radius 2 is 2.11 bits per heavy atom. The molecule has 102 valence electrons. The number of piperazine rings is 1. The van der Waals surface area contributed by atoms with E-state index in [9.17, 15) is 13.2 Å². The van der Waals surface area contributed by atoms with Gasteiger partial charge in [-0.1, -0.05) is 0 Å². The van der Waals surface area contributed by atoms with E-state index in [1.54, 1.807) is 16.2 Å². The van der Waals surface area contributed by atoms with Gasteiger partial charge >= 0.3 is 6.18 Å². The van der Waals surface area contributed by atoms with E-state index in [1.807, 2.05) is 11.4 Å². The average Bonchev–Trinajstić information content (AvgIpc) is 2.75. The van der Waals surface area contributed by atoms with Crippen molar-refractivity contribution in [2.45, 2.75) is 24.7 Å². The molecule has 0 saturated carbocycles. The smallest absolute Gasteiger partial charge is 0.313 e. The van der Waals surface area contributed by atoms with E-state index in [2.05, 4.69) is 5.32 Å². The van der Waals surface area contributed by atoms with E-state index in [0.717, 1.165) is 11.3 Å². The van der Waals surface area contributed by atoms with E-state index in [-0.39, 0.29) is 25.0 Å². The van der Waals surface area contributed by atoms with Gasteiger partial charge in [0.2, 0.25) is 0 Å². The van der Waals surface area contributed by atoms with Crippen molar-refractivity contribution >= 4 is 23.7 Å². The van der Waals surface area contributed by atoms with Crippen molar-refractivity contribution in [2.24, 2.45) is 0 Å². The van der Waals surface area contributed by atoms with Gasteiger partial charge in [-0.15, -0.1) is 23.7 Å². The SMILES string of the molecule is Cl.FC(F)(F)C1CNCC2c3sccc3CCN21. The van der Waals surface area contributed by atoms with E-state index in [0.29, 0.717) is 13.1 Å². The zero-order valence-electron chi connectivity index (χ0n) is 9.54. The van der Waals surface area contributed by atoms with Crippen molar-refractivity contribution in [3.8, 4) is 0 Å². The normalized spacial score (nSPS) is 28.2. The first-order valence-electron chi connectivity index (χ1n) is 5.67. The molecule has 3 heterocycles. The first-order valence-corrected chi connectivity index (χ1v) is 6.55. The van der Waals surface area contributed by atoms with E-state index in [1.165, 1.54) is 5.56 Å². The maximum absolute atomic E-state index is 12.9. The molecular weight excluding hydrogens is 285 g/mol. The van der Waals surface area contributed by atoms with Crippen molar-refractivity contribution in [1.29, 1.82) is 0 Å². The molecule has 0 bridgehead atoms. The summed E-state index contributed by atoms with van der Waals surface area (Å²) < 4.78 is 38.8. The molecule has 0 amide bonds. The molecule has 1 aromatic rings. The Balaban J connectivity index is 0.00000120. The molecule has 1 saturated heterocycles. The summed E-state index contributed by atoms with van der Waals surface area (Å²) in [6.07, 6.45) is -3.40. The predicted octanol–water partition coefficient (Wildman–Crippen LogP) is 2.60. The van der Waals surface area contributed by atoms with Crippen LogP contribution in [0.1, 0.15) is 16.5 Å². The lowest BCUT2D eigenvalue weighted by atomic mass is 9.96. The summed E-state index contributed by atoms with van der Waals surface area (Å²) in [5.41, 5.74) is 1.22. The molecule has 2 nitrogen and oxygen atoms in total. The van der Waals surface area contributed by atoms with Crippen LogP contribution in [0.5, 0.6) is 0 Å². The Kier molecular flexibility index (Phi) is 3.92. The van der Waals surface area contributed by atoms with Crippen LogP contribution in [0.15, 0.2) is 11.4 Å². The van der Waals surface area contributed by atoms with Gasteiger partial charge in [-0.05, 0) is 23.4 Å². The highest BCUT2D eigenvalue weighted by Crippen LogP contribution is 2.39. The van der Waals surface area contributed by atoms with E-state index in [4.69, 9.17) is 0 Å². The Labute approximate surface area is 114 Å². The van der Waals surface area contributed by atoms with E-state index >= 15 is 0 Å². The molecule has 1 fully saturated rings. The summed E-state index contributed by atoms with van der Waals surface area (Å²) in [6, 6.07) is 0.602. The monoisotopic (exact) mass is 298 g/mol. The molecule has 18 heavy (non-hydrogen) atoms. The van der Waals surface area contributed by atoms with Gasteiger partial charge < -0.3 is 5.32 Å². The molecule has 0 aliphatic carbocycles. The number of nitrogens with one attached hydrogen (secondary N) is 1. The highest BCUT2D eigenvalue weighted by molar-refractivity contribution is 7.10. The van der Waals surface area contributed by atoms with Gasteiger partial charge in [0.25, 0.3) is 0 Å². The predicted molar refractivity (Wildman–Crippen MR) is 67.4 cm³/mol. The zero-order chi connectivity index (χ0) is 12.0. The minimum atomic E-state index is -4.14. The molecule has 1 N–H and O–H groups in total. The van der Waals surface area contributed by atoms with Crippen molar-refractivity contribution in [2.75, 3.05) is 19.6 Å². The lowest BCUT2D eigenvalue weighted by Crippen LogP contribution is -2.60. The third-order valence-electron chi connectivity index (χ3n) is 3.58. The third-order valence-corrected chi connectivity index (χ3v) is 4.64. The molecule has 7 heteroatoms. The Morgan fingerprint density at radius 3 is 2.83 bits per heavy atom. The molecule has 2 aliphatic rings. The van der Waals surface area contributed by atoms with Crippen LogP contribution in [-0.4, -0.2) is 36.8 Å². The summed E-state index contributed by atoms with van der Waals surface area (Å²) in [4.78, 5) is 2.73. The second-order valence-electron chi connectivity index (χ2n) is 4.53. The number of halogens is 4. The lowest BCUT2D eigenvalue weighted by molar-refractivity contribution is -0.195. The minimum absolute atomic E-state index is 0. The van der Waals surface area contributed by atoms with Gasteiger partial charge in [0.15, 0.2) is 0 Å². The summed E-state index contributed by atoms with van der Waals surface area (Å²) in [7, 11) is 0. The Morgan fingerprint density at radius 1 is 1.33 bits per heavy atom. The van der Waals surface area contributed by atoms with Gasteiger partial charge in [0.1, 0.15) is 6.04 Å². The standard InChI is InChI=1S/C11H13F3N2S.ClH/c12-11(13,14)9-6-15-5-8-10-7(2-4-17-10)1-3-16(8)9;/h2,4,8-9,15H,1,3,5-6H2;1H. The zero-order valence-corrected chi connectivity index (χ0v) is 11.2. The average molecular weight is 299 g/mol. The number of hydrogen-bond acceptors (Lipinski definition) is 3. The van der Waals surface area contributed by atoms with Crippen LogP contribution in [0, 0.1) is 0 Å². The molecule has 3 rings (SSSR count). The number of nitrogens with zero attached hydrogens (tertiary/aromatic N) is 1. The molecule has 2 atom stereocenters. The highest BCUT2D eigenvalue weighted by Gasteiger charge is 2.49. The molecule has 0 radical (unpaired) electrons. The van der Waals surface area contributed by atoms with Crippen molar-refractivity contribution < 1.29 is 13.2 Å².